The third-order valence-corrected chi connectivity index (χ3v) is 5.39. The Morgan fingerprint density at radius 3 is 2.77 bits per heavy atom. The number of nitrogens with one attached hydrogen (secondary N) is 1. The van der Waals surface area contributed by atoms with Crippen molar-refractivity contribution in [1.82, 2.24) is 19.5 Å². The smallest absolute Gasteiger partial charge is 0.226 e. The minimum Gasteiger partial charge on any atom is -0.368 e. The molecule has 7 heteroatoms. The molecule has 2 aromatic heterocycles. The number of fused-ring (bicyclic) bond motifs is 1. The van der Waals surface area contributed by atoms with E-state index in [0.717, 1.165) is 37.0 Å². The van der Waals surface area contributed by atoms with Crippen molar-refractivity contribution in [2.45, 2.75) is 78.0 Å². The van der Waals surface area contributed by atoms with Crippen LogP contribution in [0.3, 0.4) is 0 Å². The van der Waals surface area contributed by atoms with E-state index in [9.17, 15) is 0 Å². The van der Waals surface area contributed by atoms with Crippen LogP contribution in [0.1, 0.15) is 71.9 Å². The molecule has 1 fully saturated rings. The molecule has 0 aliphatic carbocycles. The molecule has 0 radical (unpaired) electrons. The van der Waals surface area contributed by atoms with E-state index < -0.39 is 0 Å². The van der Waals surface area contributed by atoms with Crippen molar-refractivity contribution >= 4 is 28.6 Å². The summed E-state index contributed by atoms with van der Waals surface area (Å²) < 4.78 is 8.19. The van der Waals surface area contributed by atoms with Crippen molar-refractivity contribution in [2.24, 2.45) is 5.92 Å². The summed E-state index contributed by atoms with van der Waals surface area (Å²) in [5, 5.41) is 3.63. The molecule has 3 rings (SSSR count). The Bertz CT molecular complexity index is 719. The van der Waals surface area contributed by atoms with Crippen LogP contribution in [0.15, 0.2) is 6.33 Å². The maximum Gasteiger partial charge on any atom is 0.226 e. The van der Waals surface area contributed by atoms with Gasteiger partial charge in [0.1, 0.15) is 6.23 Å². The number of hydrogen-bond donors (Lipinski definition) is 1. The topological polar surface area (TPSA) is 64.9 Å². The van der Waals surface area contributed by atoms with Gasteiger partial charge in [0, 0.05) is 6.54 Å². The van der Waals surface area contributed by atoms with Crippen LogP contribution in [-0.4, -0.2) is 32.2 Å². The molecular weight excluding hydrogens is 350 g/mol. The molecule has 2 aromatic rings. The fraction of sp³-hybridized carbons (Fsp3) is 0.737. The minimum atomic E-state index is -0.0344. The Balaban J connectivity index is 1.72. The fourth-order valence-electron chi connectivity index (χ4n) is 3.70. The monoisotopic (exact) mass is 379 g/mol. The van der Waals surface area contributed by atoms with Crippen LogP contribution in [0.2, 0.25) is 5.28 Å². The lowest BCUT2D eigenvalue weighted by molar-refractivity contribution is -0.00304. The van der Waals surface area contributed by atoms with Crippen molar-refractivity contribution in [1.29, 1.82) is 0 Å². The third kappa shape index (κ3) is 4.29. The van der Waals surface area contributed by atoms with Crippen LogP contribution < -0.4 is 5.32 Å². The first kappa shape index (κ1) is 19.4. The molecule has 1 N–H and O–H groups in total. The molecule has 3 atom stereocenters. The van der Waals surface area contributed by atoms with Gasteiger partial charge in [0.2, 0.25) is 5.28 Å². The molecule has 0 bridgehead atoms. The van der Waals surface area contributed by atoms with Crippen LogP contribution in [0.5, 0.6) is 0 Å². The SMILES string of the molecule is CCCCCCCNc1nc(Cl)nc2c1ncn2[C@H]1CC(C)[C@@H](CC)O1. The van der Waals surface area contributed by atoms with Crippen molar-refractivity contribution in [3.8, 4) is 0 Å². The largest absolute Gasteiger partial charge is 0.368 e. The second-order valence-corrected chi connectivity index (χ2v) is 7.59. The highest BCUT2D eigenvalue weighted by Gasteiger charge is 2.33. The standard InChI is InChI=1S/C19H30ClN5O/c1-4-6-7-8-9-10-21-17-16-18(24-19(20)23-17)25(12-22-16)15-11-13(3)14(5-2)26-15/h12-15H,4-11H2,1-3H3,(H,21,23,24)/t13?,14-,15-/m1/s1. The van der Waals surface area contributed by atoms with E-state index in [1.165, 1.54) is 25.7 Å². The second-order valence-electron chi connectivity index (χ2n) is 7.26. The molecule has 144 valence electrons. The van der Waals surface area contributed by atoms with Crippen LogP contribution in [0, 0.1) is 5.92 Å². The number of ether oxygens (including phenoxy) is 1. The predicted molar refractivity (Wildman–Crippen MR) is 106 cm³/mol. The van der Waals surface area contributed by atoms with Crippen molar-refractivity contribution in [3.63, 3.8) is 0 Å². The first-order valence-corrected chi connectivity index (χ1v) is 10.3. The number of hydrogen-bond acceptors (Lipinski definition) is 5. The van der Waals surface area contributed by atoms with Crippen molar-refractivity contribution < 1.29 is 4.74 Å². The first-order chi connectivity index (χ1) is 12.6. The summed E-state index contributed by atoms with van der Waals surface area (Å²) in [6.07, 6.45) is 10.2. The number of halogens is 1. The van der Waals surface area contributed by atoms with Gasteiger partial charge in [-0.25, -0.2) is 4.98 Å². The average Bonchev–Trinajstić information content (AvgIpc) is 3.20. The summed E-state index contributed by atoms with van der Waals surface area (Å²) in [5.41, 5.74) is 1.51. The van der Waals surface area contributed by atoms with E-state index in [1.807, 2.05) is 4.57 Å². The molecule has 1 aliphatic rings. The Morgan fingerprint density at radius 1 is 1.23 bits per heavy atom. The first-order valence-electron chi connectivity index (χ1n) is 9.93. The maximum atomic E-state index is 6.19. The Morgan fingerprint density at radius 2 is 2.04 bits per heavy atom. The highest BCUT2D eigenvalue weighted by molar-refractivity contribution is 6.28. The fourth-order valence-corrected chi connectivity index (χ4v) is 3.86. The summed E-state index contributed by atoms with van der Waals surface area (Å²) in [7, 11) is 0. The lowest BCUT2D eigenvalue weighted by atomic mass is 10.0. The quantitative estimate of drug-likeness (QED) is 0.479. The maximum absolute atomic E-state index is 6.19. The van der Waals surface area contributed by atoms with Gasteiger partial charge in [-0.3, -0.25) is 4.57 Å². The molecular formula is C19H30ClN5O. The normalized spacial score (nSPS) is 23.0. The van der Waals surface area contributed by atoms with Crippen LogP contribution in [0.4, 0.5) is 5.82 Å². The van der Waals surface area contributed by atoms with E-state index in [-0.39, 0.29) is 17.6 Å². The van der Waals surface area contributed by atoms with Gasteiger partial charge < -0.3 is 10.1 Å². The van der Waals surface area contributed by atoms with Crippen LogP contribution in [0.25, 0.3) is 11.2 Å². The van der Waals surface area contributed by atoms with Gasteiger partial charge in [-0.2, -0.15) is 9.97 Å². The van der Waals surface area contributed by atoms with Gasteiger partial charge in [-0.15, -0.1) is 0 Å². The van der Waals surface area contributed by atoms with Gasteiger partial charge in [0.25, 0.3) is 0 Å². The highest BCUT2D eigenvalue weighted by Crippen LogP contribution is 2.36. The summed E-state index contributed by atoms with van der Waals surface area (Å²) in [4.78, 5) is 13.3. The Kier molecular flexibility index (Phi) is 6.70. The summed E-state index contributed by atoms with van der Waals surface area (Å²) >= 11 is 6.18. The number of rotatable bonds is 9. The zero-order chi connectivity index (χ0) is 18.5. The number of unbranched alkanes of at least 4 members (excludes halogenated alkanes) is 4. The number of imidazole rings is 1. The van der Waals surface area contributed by atoms with Gasteiger partial charge in [-0.05, 0) is 36.8 Å². The van der Waals surface area contributed by atoms with E-state index >= 15 is 0 Å². The molecule has 6 nitrogen and oxygen atoms in total. The number of anilines is 1. The minimum absolute atomic E-state index is 0.0344. The van der Waals surface area contributed by atoms with Crippen LogP contribution in [-0.2, 0) is 4.74 Å². The lowest BCUT2D eigenvalue weighted by Gasteiger charge is -2.14. The molecule has 26 heavy (non-hydrogen) atoms. The van der Waals surface area contributed by atoms with E-state index in [2.05, 4.69) is 41.0 Å². The molecule has 1 saturated heterocycles. The molecule has 0 amide bonds. The molecule has 0 spiro atoms. The van der Waals surface area contributed by atoms with Gasteiger partial charge in [-0.1, -0.05) is 46.5 Å². The predicted octanol–water partition coefficient (Wildman–Crippen LogP) is 5.20. The summed E-state index contributed by atoms with van der Waals surface area (Å²) in [6, 6.07) is 0. The van der Waals surface area contributed by atoms with Crippen LogP contribution >= 0.6 is 11.6 Å². The van der Waals surface area contributed by atoms with Gasteiger partial charge >= 0.3 is 0 Å². The van der Waals surface area contributed by atoms with E-state index in [0.29, 0.717) is 11.7 Å². The zero-order valence-corrected chi connectivity index (χ0v) is 16.8. The average molecular weight is 380 g/mol. The highest BCUT2D eigenvalue weighted by atomic mass is 35.5. The molecule has 1 aliphatic heterocycles. The van der Waals surface area contributed by atoms with Crippen molar-refractivity contribution in [3.05, 3.63) is 11.6 Å². The molecule has 0 saturated carbocycles. The molecule has 3 heterocycles. The summed E-state index contributed by atoms with van der Waals surface area (Å²) in [6.45, 7) is 7.50. The van der Waals surface area contributed by atoms with E-state index in [4.69, 9.17) is 16.3 Å². The third-order valence-electron chi connectivity index (χ3n) is 5.22. The van der Waals surface area contributed by atoms with Crippen molar-refractivity contribution in [2.75, 3.05) is 11.9 Å². The number of nitrogens with zero attached hydrogens (tertiary/aromatic N) is 4. The zero-order valence-electron chi connectivity index (χ0n) is 16.0. The van der Waals surface area contributed by atoms with E-state index in [1.54, 1.807) is 6.33 Å². The van der Waals surface area contributed by atoms with Gasteiger partial charge in [0.15, 0.2) is 17.0 Å². The Hall–Kier alpha value is -1.40. The number of aromatic nitrogens is 4. The van der Waals surface area contributed by atoms with Gasteiger partial charge in [0.05, 0.1) is 12.4 Å². The lowest BCUT2D eigenvalue weighted by Crippen LogP contribution is -2.12. The second kappa shape index (κ2) is 9.00. The summed E-state index contributed by atoms with van der Waals surface area (Å²) in [5.74, 6) is 1.24. The Labute approximate surface area is 160 Å². The molecule has 0 aromatic carbocycles. The molecule has 1 unspecified atom stereocenters.